The van der Waals surface area contributed by atoms with E-state index in [4.69, 9.17) is 11.5 Å². The Hall–Kier alpha value is -1.79. The number of amides is 3. The van der Waals surface area contributed by atoms with E-state index in [0.29, 0.717) is 32.7 Å². The van der Waals surface area contributed by atoms with Crippen LogP contribution in [0.5, 0.6) is 0 Å². The first-order valence-electron chi connectivity index (χ1n) is 8.19. The molecule has 134 valence electrons. The van der Waals surface area contributed by atoms with Gasteiger partial charge in [-0.2, -0.15) is 0 Å². The Labute approximate surface area is 149 Å². The van der Waals surface area contributed by atoms with Gasteiger partial charge in [0.25, 0.3) is 0 Å². The third-order valence-electron chi connectivity index (χ3n) is 4.24. The number of carbonyl (C=O) groups excluding carboxylic acids is 2. The molecule has 24 heavy (non-hydrogen) atoms. The maximum absolute atomic E-state index is 12.9. The highest BCUT2D eigenvalue weighted by atomic mass is 35.5. The molecule has 0 spiro atoms. The number of piperidine rings is 1. The van der Waals surface area contributed by atoms with E-state index in [-0.39, 0.29) is 24.2 Å². The quantitative estimate of drug-likeness (QED) is 0.812. The summed E-state index contributed by atoms with van der Waals surface area (Å²) in [6, 6.07) is 9.48. The van der Waals surface area contributed by atoms with E-state index in [2.05, 4.69) is 0 Å². The fraction of sp³-hybridized carbons (Fsp3) is 0.529. The smallest absolute Gasteiger partial charge is 0.314 e. The zero-order chi connectivity index (χ0) is 16.7. The van der Waals surface area contributed by atoms with Gasteiger partial charge in [0.2, 0.25) is 5.91 Å². The minimum Gasteiger partial charge on any atom is -0.351 e. The first-order chi connectivity index (χ1) is 11.1. The number of likely N-dealkylation sites (tertiary alicyclic amines) is 1. The molecule has 1 aromatic rings. The molecule has 1 aliphatic heterocycles. The standard InChI is InChI=1S/C17H26N4O2.ClH/c18-9-5-11-20(12-14-6-2-1-3-7-14)16(22)15-8-4-10-21(13-15)17(19)23;/h1-3,6-7,15H,4-5,8-13,18H2,(H2,19,23);1H. The van der Waals surface area contributed by atoms with Crippen LogP contribution in [0.3, 0.4) is 0 Å². The predicted octanol–water partition coefficient (Wildman–Crippen LogP) is 1.58. The van der Waals surface area contributed by atoms with E-state index in [1.165, 1.54) is 0 Å². The van der Waals surface area contributed by atoms with Crippen molar-refractivity contribution in [2.45, 2.75) is 25.8 Å². The van der Waals surface area contributed by atoms with Gasteiger partial charge in [-0.3, -0.25) is 4.79 Å². The van der Waals surface area contributed by atoms with Crippen LogP contribution in [-0.4, -0.2) is 47.9 Å². The van der Waals surface area contributed by atoms with Crippen molar-refractivity contribution in [2.24, 2.45) is 17.4 Å². The van der Waals surface area contributed by atoms with E-state index in [9.17, 15) is 9.59 Å². The summed E-state index contributed by atoms with van der Waals surface area (Å²) in [6.45, 7) is 2.82. The highest BCUT2D eigenvalue weighted by molar-refractivity contribution is 5.85. The number of benzene rings is 1. The molecule has 1 fully saturated rings. The van der Waals surface area contributed by atoms with Gasteiger partial charge in [0.05, 0.1) is 5.92 Å². The number of halogens is 1. The lowest BCUT2D eigenvalue weighted by molar-refractivity contribution is -0.137. The first kappa shape index (κ1) is 20.3. The van der Waals surface area contributed by atoms with Crippen molar-refractivity contribution >= 4 is 24.3 Å². The van der Waals surface area contributed by atoms with Crippen LogP contribution in [0, 0.1) is 5.92 Å². The van der Waals surface area contributed by atoms with Gasteiger partial charge >= 0.3 is 6.03 Å². The molecule has 0 aliphatic carbocycles. The van der Waals surface area contributed by atoms with Crippen LogP contribution in [0.2, 0.25) is 0 Å². The predicted molar refractivity (Wildman–Crippen MR) is 96.7 cm³/mol. The van der Waals surface area contributed by atoms with Crippen LogP contribution in [0.15, 0.2) is 30.3 Å². The Bertz CT molecular complexity index is 527. The average molecular weight is 355 g/mol. The molecule has 0 aromatic heterocycles. The van der Waals surface area contributed by atoms with Gasteiger partial charge in [0.15, 0.2) is 0 Å². The number of urea groups is 1. The highest BCUT2D eigenvalue weighted by Gasteiger charge is 2.30. The van der Waals surface area contributed by atoms with Crippen LogP contribution in [0.1, 0.15) is 24.8 Å². The summed E-state index contributed by atoms with van der Waals surface area (Å²) in [7, 11) is 0. The molecule has 1 unspecified atom stereocenters. The van der Waals surface area contributed by atoms with E-state index < -0.39 is 6.03 Å². The zero-order valence-electron chi connectivity index (χ0n) is 13.9. The van der Waals surface area contributed by atoms with Crippen LogP contribution in [0.4, 0.5) is 4.79 Å². The topological polar surface area (TPSA) is 92.7 Å². The van der Waals surface area contributed by atoms with E-state index in [1.807, 2.05) is 35.2 Å². The molecule has 1 aliphatic rings. The molecule has 1 atom stereocenters. The van der Waals surface area contributed by atoms with Gasteiger partial charge in [-0.15, -0.1) is 12.4 Å². The van der Waals surface area contributed by atoms with Crippen LogP contribution < -0.4 is 11.5 Å². The Kier molecular flexibility index (Phi) is 8.57. The van der Waals surface area contributed by atoms with Crippen molar-refractivity contribution in [3.05, 3.63) is 35.9 Å². The van der Waals surface area contributed by atoms with Gasteiger partial charge in [-0.1, -0.05) is 30.3 Å². The number of hydrogen-bond acceptors (Lipinski definition) is 3. The Morgan fingerprint density at radius 3 is 2.58 bits per heavy atom. The van der Waals surface area contributed by atoms with E-state index in [0.717, 1.165) is 24.8 Å². The molecule has 1 heterocycles. The molecule has 4 N–H and O–H groups in total. The molecule has 7 heteroatoms. The fourth-order valence-electron chi connectivity index (χ4n) is 2.99. The molecular formula is C17H27ClN4O2. The molecule has 0 bridgehead atoms. The second-order valence-corrected chi connectivity index (χ2v) is 6.01. The second-order valence-electron chi connectivity index (χ2n) is 6.01. The molecule has 6 nitrogen and oxygen atoms in total. The SMILES string of the molecule is Cl.NCCCN(Cc1ccccc1)C(=O)C1CCCN(C(N)=O)C1. The molecule has 2 rings (SSSR count). The Balaban J connectivity index is 0.00000288. The van der Waals surface area contributed by atoms with E-state index >= 15 is 0 Å². The van der Waals surface area contributed by atoms with Gasteiger partial charge in [-0.05, 0) is 31.4 Å². The minimum absolute atomic E-state index is 0. The summed E-state index contributed by atoms with van der Waals surface area (Å²) < 4.78 is 0. The largest absolute Gasteiger partial charge is 0.351 e. The lowest BCUT2D eigenvalue weighted by Gasteiger charge is -2.34. The summed E-state index contributed by atoms with van der Waals surface area (Å²) >= 11 is 0. The number of primary amides is 1. The highest BCUT2D eigenvalue weighted by Crippen LogP contribution is 2.20. The van der Waals surface area contributed by atoms with Crippen molar-refractivity contribution in [1.82, 2.24) is 9.80 Å². The summed E-state index contributed by atoms with van der Waals surface area (Å²) in [5.74, 6) is -0.0778. The third kappa shape index (κ3) is 5.69. The van der Waals surface area contributed by atoms with Gasteiger partial charge in [0.1, 0.15) is 0 Å². The van der Waals surface area contributed by atoms with Gasteiger partial charge in [-0.25, -0.2) is 4.79 Å². The lowest BCUT2D eigenvalue weighted by atomic mass is 9.96. The minimum atomic E-state index is -0.445. The maximum atomic E-state index is 12.9. The third-order valence-corrected chi connectivity index (χ3v) is 4.24. The van der Waals surface area contributed by atoms with Crippen molar-refractivity contribution in [3.63, 3.8) is 0 Å². The number of nitrogens with two attached hydrogens (primary N) is 2. The van der Waals surface area contributed by atoms with Crippen molar-refractivity contribution in [1.29, 1.82) is 0 Å². The monoisotopic (exact) mass is 354 g/mol. The number of rotatable bonds is 6. The first-order valence-corrected chi connectivity index (χ1v) is 8.19. The normalized spacial score (nSPS) is 17.0. The van der Waals surface area contributed by atoms with Crippen LogP contribution in [-0.2, 0) is 11.3 Å². The Morgan fingerprint density at radius 1 is 1.25 bits per heavy atom. The fourth-order valence-corrected chi connectivity index (χ4v) is 2.99. The molecule has 1 aromatic carbocycles. The average Bonchev–Trinajstić information content (AvgIpc) is 2.59. The molecule has 0 radical (unpaired) electrons. The summed E-state index contributed by atoms with van der Waals surface area (Å²) in [6.07, 6.45) is 2.39. The molecule has 0 saturated carbocycles. The summed E-state index contributed by atoms with van der Waals surface area (Å²) in [5.41, 5.74) is 12.1. The number of carbonyl (C=O) groups is 2. The van der Waals surface area contributed by atoms with Crippen molar-refractivity contribution in [3.8, 4) is 0 Å². The zero-order valence-corrected chi connectivity index (χ0v) is 14.7. The molecule has 1 saturated heterocycles. The van der Waals surface area contributed by atoms with Crippen molar-refractivity contribution in [2.75, 3.05) is 26.2 Å². The van der Waals surface area contributed by atoms with Crippen LogP contribution in [0.25, 0.3) is 0 Å². The summed E-state index contributed by atoms with van der Waals surface area (Å²) in [5, 5.41) is 0. The summed E-state index contributed by atoms with van der Waals surface area (Å²) in [4.78, 5) is 27.7. The van der Waals surface area contributed by atoms with Gasteiger partial charge in [0, 0.05) is 26.2 Å². The van der Waals surface area contributed by atoms with Gasteiger partial charge < -0.3 is 21.3 Å². The number of hydrogen-bond donors (Lipinski definition) is 2. The lowest BCUT2D eigenvalue weighted by Crippen LogP contribution is -2.48. The van der Waals surface area contributed by atoms with E-state index in [1.54, 1.807) is 4.90 Å². The maximum Gasteiger partial charge on any atom is 0.314 e. The molecular weight excluding hydrogens is 328 g/mol. The Morgan fingerprint density at radius 2 is 1.96 bits per heavy atom. The molecule has 3 amide bonds. The second kappa shape index (κ2) is 10.2. The van der Waals surface area contributed by atoms with Crippen molar-refractivity contribution < 1.29 is 9.59 Å². The van der Waals surface area contributed by atoms with Crippen LogP contribution >= 0.6 is 12.4 Å². The number of nitrogens with zero attached hydrogens (tertiary/aromatic N) is 2.